The van der Waals surface area contributed by atoms with Crippen molar-refractivity contribution in [2.24, 2.45) is 0 Å². The number of anilines is 1. The molecule has 0 saturated carbocycles. The van der Waals surface area contributed by atoms with Crippen LogP contribution in [-0.4, -0.2) is 34.2 Å². The lowest BCUT2D eigenvalue weighted by Gasteiger charge is -2.43. The van der Waals surface area contributed by atoms with E-state index in [-0.39, 0.29) is 18.4 Å². The number of aromatic nitrogens is 2. The van der Waals surface area contributed by atoms with Crippen LogP contribution in [0.4, 0.5) is 5.69 Å². The number of nitrogens with one attached hydrogen (secondary N) is 1. The number of hydrogen-bond acceptors (Lipinski definition) is 5. The zero-order chi connectivity index (χ0) is 24.6. The molecule has 0 radical (unpaired) electrons. The lowest BCUT2D eigenvalue weighted by Crippen LogP contribution is -2.64. The highest BCUT2D eigenvalue weighted by molar-refractivity contribution is 6.12. The van der Waals surface area contributed by atoms with Crippen LogP contribution in [0, 0.1) is 6.92 Å². The molecule has 0 spiro atoms. The molecule has 1 atom stereocenters. The van der Waals surface area contributed by atoms with Gasteiger partial charge >= 0.3 is 0 Å². The Morgan fingerprint density at radius 3 is 2.71 bits per heavy atom. The van der Waals surface area contributed by atoms with Crippen molar-refractivity contribution in [3.8, 4) is 17.2 Å². The van der Waals surface area contributed by atoms with Gasteiger partial charge in [0.2, 0.25) is 5.91 Å². The fourth-order valence-corrected chi connectivity index (χ4v) is 4.51. The van der Waals surface area contributed by atoms with E-state index in [4.69, 9.17) is 9.15 Å². The average Bonchev–Trinajstić information content (AvgIpc) is 3.53. The summed E-state index contributed by atoms with van der Waals surface area (Å²) >= 11 is 0. The number of methoxy groups -OCH3 is 1. The van der Waals surface area contributed by atoms with E-state index in [1.165, 1.54) is 4.90 Å². The first-order valence-corrected chi connectivity index (χ1v) is 11.3. The first-order valence-electron chi connectivity index (χ1n) is 11.3. The zero-order valence-electron chi connectivity index (χ0n) is 19.8. The van der Waals surface area contributed by atoms with Gasteiger partial charge in [0.05, 0.1) is 25.6 Å². The number of aryl methyl sites for hydroxylation is 1. The predicted octanol–water partition coefficient (Wildman–Crippen LogP) is 4.20. The van der Waals surface area contributed by atoms with Crippen molar-refractivity contribution in [2.75, 3.05) is 12.0 Å². The molecule has 8 heteroatoms. The second-order valence-electron chi connectivity index (χ2n) is 8.81. The number of ether oxygens (including phenoxy) is 1. The summed E-state index contributed by atoms with van der Waals surface area (Å²) in [6, 6.07) is 20.4. The van der Waals surface area contributed by atoms with Crippen molar-refractivity contribution in [3.05, 3.63) is 89.8 Å². The molecule has 0 unspecified atom stereocenters. The molecule has 2 amide bonds. The third kappa shape index (κ3) is 3.97. The Hall–Kier alpha value is -4.33. The number of carbonyl (C=O) groups is 2. The highest BCUT2D eigenvalue weighted by Crippen LogP contribution is 2.38. The van der Waals surface area contributed by atoms with Crippen LogP contribution in [0.1, 0.15) is 28.5 Å². The Kier molecular flexibility index (Phi) is 5.64. The summed E-state index contributed by atoms with van der Waals surface area (Å²) in [5.41, 5.74) is 2.23. The van der Waals surface area contributed by atoms with E-state index in [1.54, 1.807) is 55.3 Å². The topological polar surface area (TPSA) is 89.6 Å². The van der Waals surface area contributed by atoms with Gasteiger partial charge in [-0.25, -0.2) is 0 Å². The van der Waals surface area contributed by atoms with E-state index in [0.717, 1.165) is 11.1 Å². The van der Waals surface area contributed by atoms with E-state index in [9.17, 15) is 9.59 Å². The maximum atomic E-state index is 13.9. The van der Waals surface area contributed by atoms with Gasteiger partial charge in [0.1, 0.15) is 22.7 Å². The Morgan fingerprint density at radius 2 is 1.97 bits per heavy atom. The van der Waals surface area contributed by atoms with E-state index >= 15 is 0 Å². The largest absolute Gasteiger partial charge is 0.495 e. The lowest BCUT2D eigenvalue weighted by molar-refractivity contribution is -0.126. The maximum absolute atomic E-state index is 13.9. The predicted molar refractivity (Wildman–Crippen MR) is 131 cm³/mol. The molecule has 5 rings (SSSR count). The summed E-state index contributed by atoms with van der Waals surface area (Å²) < 4.78 is 12.6. The fraction of sp³-hybridized carbons (Fsp3) is 0.222. The minimum Gasteiger partial charge on any atom is -0.495 e. The third-order valence-electron chi connectivity index (χ3n) is 6.28. The number of benzene rings is 2. The van der Waals surface area contributed by atoms with Crippen molar-refractivity contribution in [1.29, 1.82) is 0 Å². The molecule has 2 aromatic heterocycles. The molecule has 0 aliphatic carbocycles. The van der Waals surface area contributed by atoms with Gasteiger partial charge in [-0.1, -0.05) is 42.0 Å². The number of carbonyl (C=O) groups excluding carboxylic acids is 2. The van der Waals surface area contributed by atoms with Crippen LogP contribution in [0.3, 0.4) is 0 Å². The molecule has 0 saturated heterocycles. The van der Waals surface area contributed by atoms with Crippen LogP contribution in [-0.2, 0) is 17.9 Å². The molecule has 0 fully saturated rings. The molecule has 178 valence electrons. The summed E-state index contributed by atoms with van der Waals surface area (Å²) in [5, 5.41) is 7.61. The van der Waals surface area contributed by atoms with Crippen LogP contribution in [0.2, 0.25) is 0 Å². The molecule has 8 nitrogen and oxygen atoms in total. The van der Waals surface area contributed by atoms with Crippen LogP contribution in [0.15, 0.2) is 77.4 Å². The number of para-hydroxylation sites is 2. The van der Waals surface area contributed by atoms with Gasteiger partial charge in [0, 0.05) is 12.6 Å². The van der Waals surface area contributed by atoms with Gasteiger partial charge in [-0.3, -0.25) is 19.2 Å². The van der Waals surface area contributed by atoms with Gasteiger partial charge in [-0.05, 0) is 43.7 Å². The van der Waals surface area contributed by atoms with Crippen LogP contribution < -0.4 is 15.0 Å². The summed E-state index contributed by atoms with van der Waals surface area (Å²) in [4.78, 5) is 29.2. The minimum absolute atomic E-state index is 0.159. The van der Waals surface area contributed by atoms with E-state index in [1.807, 2.05) is 43.3 Å². The molecule has 3 heterocycles. The molecular weight excluding hydrogens is 444 g/mol. The third-order valence-corrected chi connectivity index (χ3v) is 6.28. The van der Waals surface area contributed by atoms with Crippen LogP contribution in [0.5, 0.6) is 5.75 Å². The number of furan rings is 1. The van der Waals surface area contributed by atoms with E-state index in [0.29, 0.717) is 35.1 Å². The van der Waals surface area contributed by atoms with Gasteiger partial charge in [0.15, 0.2) is 5.76 Å². The van der Waals surface area contributed by atoms with Gasteiger partial charge in [-0.2, -0.15) is 5.10 Å². The van der Waals surface area contributed by atoms with Crippen molar-refractivity contribution in [2.45, 2.75) is 32.5 Å². The molecule has 1 aliphatic rings. The Morgan fingerprint density at radius 1 is 1.14 bits per heavy atom. The second-order valence-corrected chi connectivity index (χ2v) is 8.81. The second kappa shape index (κ2) is 8.79. The smallest absolute Gasteiger partial charge is 0.277 e. The maximum Gasteiger partial charge on any atom is 0.277 e. The number of rotatable bonds is 6. The molecule has 0 bridgehead atoms. The van der Waals surface area contributed by atoms with Gasteiger partial charge < -0.3 is 14.5 Å². The first kappa shape index (κ1) is 22.5. The van der Waals surface area contributed by atoms with Crippen molar-refractivity contribution in [3.63, 3.8) is 0 Å². The van der Waals surface area contributed by atoms with Gasteiger partial charge in [0.25, 0.3) is 5.91 Å². The lowest BCUT2D eigenvalue weighted by atomic mass is 9.93. The summed E-state index contributed by atoms with van der Waals surface area (Å²) in [5.74, 6) is 0.408. The average molecular weight is 471 g/mol. The quantitative estimate of drug-likeness (QED) is 0.456. The van der Waals surface area contributed by atoms with Crippen molar-refractivity contribution >= 4 is 17.5 Å². The SMILES string of the molecule is COc1ccccc1N1C(=O)c2cc(-c3ccco3)nn2C[C@]1(C)C(=O)NCc1cccc(C)c1. The monoisotopic (exact) mass is 470 g/mol. The zero-order valence-corrected chi connectivity index (χ0v) is 19.8. The normalized spacial score (nSPS) is 17.2. The van der Waals surface area contributed by atoms with Crippen molar-refractivity contribution < 1.29 is 18.7 Å². The Balaban J connectivity index is 1.56. The molecule has 1 N–H and O–H groups in total. The first-order chi connectivity index (χ1) is 16.9. The standard InChI is InChI=1S/C27H26N4O4/c1-18-8-6-9-19(14-18)16-28-26(33)27(2)17-30-22(15-20(29-30)23-12-7-13-35-23)25(32)31(27)21-10-4-5-11-24(21)34-3/h4-15H,16-17H2,1-3H3,(H,28,33)/t27-/m1/s1. The van der Waals surface area contributed by atoms with E-state index in [2.05, 4.69) is 10.4 Å². The minimum atomic E-state index is -1.27. The Bertz CT molecular complexity index is 1390. The van der Waals surface area contributed by atoms with Crippen molar-refractivity contribution in [1.82, 2.24) is 15.1 Å². The number of hydrogen-bond donors (Lipinski definition) is 1. The molecular formula is C27H26N4O4. The molecule has 2 aromatic carbocycles. The van der Waals surface area contributed by atoms with Crippen LogP contribution in [0.25, 0.3) is 11.5 Å². The molecule has 35 heavy (non-hydrogen) atoms. The molecule has 1 aliphatic heterocycles. The number of amides is 2. The van der Waals surface area contributed by atoms with E-state index < -0.39 is 5.54 Å². The number of nitrogens with zero attached hydrogens (tertiary/aromatic N) is 3. The van der Waals surface area contributed by atoms with Gasteiger partial charge in [-0.15, -0.1) is 0 Å². The fourth-order valence-electron chi connectivity index (χ4n) is 4.51. The highest BCUT2D eigenvalue weighted by Gasteiger charge is 2.49. The molecule has 4 aromatic rings. The summed E-state index contributed by atoms with van der Waals surface area (Å²) in [6.45, 7) is 4.26. The Labute approximate surface area is 203 Å². The van der Waals surface area contributed by atoms with Crippen LogP contribution >= 0.6 is 0 Å². The number of fused-ring (bicyclic) bond motifs is 1. The highest BCUT2D eigenvalue weighted by atomic mass is 16.5. The summed E-state index contributed by atoms with van der Waals surface area (Å²) in [7, 11) is 1.54. The summed E-state index contributed by atoms with van der Waals surface area (Å²) in [6.07, 6.45) is 1.56.